The number of aromatic nitrogens is 1. The maximum Gasteiger partial charge on any atom is 0.141 e. The van der Waals surface area contributed by atoms with Crippen molar-refractivity contribution in [2.75, 3.05) is 6.26 Å². The molecule has 0 unspecified atom stereocenters. The zero-order valence-electron chi connectivity index (χ0n) is 23.0. The van der Waals surface area contributed by atoms with Gasteiger partial charge in [-0.25, -0.2) is 0 Å². The van der Waals surface area contributed by atoms with E-state index in [4.69, 9.17) is 0 Å². The summed E-state index contributed by atoms with van der Waals surface area (Å²) < 4.78 is 31.8. The van der Waals surface area contributed by atoms with Gasteiger partial charge in [0, 0.05) is 17.5 Å². The fourth-order valence-electron chi connectivity index (χ4n) is 5.07. The van der Waals surface area contributed by atoms with E-state index in [2.05, 4.69) is 79.7 Å². The molecule has 2 rings (SSSR count). The van der Waals surface area contributed by atoms with Crippen LogP contribution in [0.5, 0.6) is 0 Å². The zero-order chi connectivity index (χ0) is 26.0. The van der Waals surface area contributed by atoms with Crippen molar-refractivity contribution >= 4 is 16.6 Å². The second-order valence-electron chi connectivity index (χ2n) is 9.46. The molecule has 188 valence electrons. The van der Waals surface area contributed by atoms with E-state index >= 15 is 7.77 Å². The predicted molar refractivity (Wildman–Crippen MR) is 149 cm³/mol. The standard InChI is InChI=1S/C30H43F2NS/c1-12-20(5)21(6)27(13-2)22(7)23(8)29(26-17-15-19(4)16-18-26)30-24(9)28(14-3)25(10)33(30)34(11,31)32/h15-18H,12-14H2,1-11H3. The van der Waals surface area contributed by atoms with Gasteiger partial charge in [0.25, 0.3) is 0 Å². The van der Waals surface area contributed by atoms with Crippen molar-refractivity contribution in [1.82, 2.24) is 3.97 Å². The van der Waals surface area contributed by atoms with Gasteiger partial charge in [0.05, 0.1) is 5.69 Å². The third-order valence-corrected chi connectivity index (χ3v) is 8.47. The molecule has 0 aliphatic carbocycles. The third-order valence-electron chi connectivity index (χ3n) is 7.37. The van der Waals surface area contributed by atoms with Crippen LogP contribution in [-0.4, -0.2) is 10.2 Å². The monoisotopic (exact) mass is 487 g/mol. The van der Waals surface area contributed by atoms with Gasteiger partial charge in [-0.15, -0.1) is 7.77 Å². The van der Waals surface area contributed by atoms with Crippen molar-refractivity contribution in [2.45, 2.75) is 88.5 Å². The van der Waals surface area contributed by atoms with Crippen molar-refractivity contribution in [3.8, 4) is 0 Å². The van der Waals surface area contributed by atoms with Gasteiger partial charge in [-0.3, -0.25) is 3.97 Å². The summed E-state index contributed by atoms with van der Waals surface area (Å²) in [6.07, 6.45) is 3.73. The molecule has 0 radical (unpaired) electrons. The quantitative estimate of drug-likeness (QED) is 0.326. The Bertz CT molecular complexity index is 1140. The molecule has 0 amide bonds. The van der Waals surface area contributed by atoms with Gasteiger partial charge >= 0.3 is 0 Å². The molecule has 0 bridgehead atoms. The van der Waals surface area contributed by atoms with E-state index < -0.39 is 11.0 Å². The summed E-state index contributed by atoms with van der Waals surface area (Å²) in [6.45, 7) is 21.0. The van der Waals surface area contributed by atoms with Crippen molar-refractivity contribution in [1.29, 1.82) is 0 Å². The van der Waals surface area contributed by atoms with Crippen LogP contribution in [0.1, 0.15) is 94.9 Å². The molecule has 2 aromatic rings. The summed E-state index contributed by atoms with van der Waals surface area (Å²) in [4.78, 5) is 0. The fraction of sp³-hybridized carbons (Fsp3) is 0.467. The van der Waals surface area contributed by atoms with E-state index in [0.717, 1.165) is 58.9 Å². The van der Waals surface area contributed by atoms with Crippen LogP contribution in [-0.2, 0) is 6.42 Å². The SMILES string of the molecule is CCC(C)=C(C)C(CC)=C(C)C(C)=C(c1ccc(C)cc1)c1c(C)c(CC)c(C)n1S(C)(F)F. The van der Waals surface area contributed by atoms with Gasteiger partial charge in [-0.2, -0.15) is 0 Å². The van der Waals surface area contributed by atoms with Gasteiger partial charge < -0.3 is 0 Å². The van der Waals surface area contributed by atoms with E-state index in [1.165, 1.54) is 26.3 Å². The van der Waals surface area contributed by atoms with E-state index in [1.807, 2.05) is 13.8 Å². The van der Waals surface area contributed by atoms with Gasteiger partial charge in [-0.1, -0.05) is 56.2 Å². The van der Waals surface area contributed by atoms with Crippen LogP contribution in [0.4, 0.5) is 7.77 Å². The first-order valence-corrected chi connectivity index (χ1v) is 14.1. The van der Waals surface area contributed by atoms with Crippen molar-refractivity contribution in [3.63, 3.8) is 0 Å². The minimum atomic E-state index is -4.00. The Balaban J connectivity index is 3.11. The lowest BCUT2D eigenvalue weighted by Crippen LogP contribution is -2.09. The average Bonchev–Trinajstić information content (AvgIpc) is 3.04. The smallest absolute Gasteiger partial charge is 0.141 e. The Labute approximate surface area is 208 Å². The number of benzene rings is 1. The fourth-order valence-corrected chi connectivity index (χ4v) is 6.21. The van der Waals surface area contributed by atoms with Crippen LogP contribution in [0.25, 0.3) is 5.57 Å². The normalized spacial score (nSPS) is 15.1. The molecule has 1 aromatic carbocycles. The topological polar surface area (TPSA) is 4.93 Å². The number of allylic oxidation sites excluding steroid dienone is 5. The lowest BCUT2D eigenvalue weighted by Gasteiger charge is -2.26. The molecule has 1 nitrogen and oxygen atoms in total. The highest BCUT2D eigenvalue weighted by Gasteiger charge is 2.31. The first kappa shape index (κ1) is 28.2. The maximum absolute atomic E-state index is 15.2. The van der Waals surface area contributed by atoms with Crippen LogP contribution >= 0.6 is 11.0 Å². The molecule has 0 N–H and O–H groups in total. The van der Waals surface area contributed by atoms with E-state index in [-0.39, 0.29) is 0 Å². The number of halogens is 2. The number of hydrogen-bond donors (Lipinski definition) is 0. The molecular weight excluding hydrogens is 444 g/mol. The van der Waals surface area contributed by atoms with Crippen LogP contribution in [0, 0.1) is 20.8 Å². The van der Waals surface area contributed by atoms with Gasteiger partial charge in [-0.05, 0) is 107 Å². The van der Waals surface area contributed by atoms with Crippen LogP contribution < -0.4 is 0 Å². The molecule has 1 aromatic heterocycles. The number of aryl methyl sites for hydroxylation is 1. The Morgan fingerprint density at radius 3 is 1.82 bits per heavy atom. The zero-order valence-corrected chi connectivity index (χ0v) is 23.9. The molecular formula is C30H43F2NS. The summed E-state index contributed by atoms with van der Waals surface area (Å²) in [5.74, 6) is 0. The molecule has 0 spiro atoms. The maximum atomic E-state index is 15.2. The molecule has 0 saturated carbocycles. The van der Waals surface area contributed by atoms with E-state index in [1.54, 1.807) is 0 Å². The molecule has 0 fully saturated rings. The molecule has 1 heterocycles. The first-order chi connectivity index (χ1) is 15.8. The highest BCUT2D eigenvalue weighted by atomic mass is 32.3. The molecule has 0 aliphatic rings. The first-order valence-electron chi connectivity index (χ1n) is 12.3. The van der Waals surface area contributed by atoms with Crippen molar-refractivity contribution in [2.24, 2.45) is 0 Å². The Morgan fingerprint density at radius 1 is 0.824 bits per heavy atom. The number of nitrogens with zero attached hydrogens (tertiary/aromatic N) is 1. The number of rotatable bonds is 8. The minimum Gasteiger partial charge on any atom is -0.258 e. The minimum absolute atomic E-state index is 0.668. The second kappa shape index (κ2) is 11.1. The average molecular weight is 488 g/mol. The summed E-state index contributed by atoms with van der Waals surface area (Å²) in [5.41, 5.74) is 12.6. The summed E-state index contributed by atoms with van der Waals surface area (Å²) in [7, 11) is -4.00. The highest BCUT2D eigenvalue weighted by molar-refractivity contribution is 8.23. The van der Waals surface area contributed by atoms with Crippen LogP contribution in [0.2, 0.25) is 0 Å². The molecule has 0 atom stereocenters. The predicted octanol–water partition coefficient (Wildman–Crippen LogP) is 10.2. The van der Waals surface area contributed by atoms with E-state index in [9.17, 15) is 0 Å². The van der Waals surface area contributed by atoms with Gasteiger partial charge in [0.1, 0.15) is 11.0 Å². The van der Waals surface area contributed by atoms with Gasteiger partial charge in [0.2, 0.25) is 0 Å². The molecule has 0 saturated heterocycles. The largest absolute Gasteiger partial charge is 0.258 e. The van der Waals surface area contributed by atoms with Crippen molar-refractivity contribution in [3.05, 3.63) is 85.8 Å². The van der Waals surface area contributed by atoms with E-state index in [0.29, 0.717) is 11.4 Å². The van der Waals surface area contributed by atoms with Gasteiger partial charge in [0.15, 0.2) is 0 Å². The lowest BCUT2D eigenvalue weighted by atomic mass is 9.86. The molecule has 4 heteroatoms. The highest BCUT2D eigenvalue weighted by Crippen LogP contribution is 2.54. The molecule has 34 heavy (non-hydrogen) atoms. The van der Waals surface area contributed by atoms with Crippen molar-refractivity contribution < 1.29 is 7.77 Å². The summed E-state index contributed by atoms with van der Waals surface area (Å²) >= 11 is 0. The molecule has 0 aliphatic heterocycles. The lowest BCUT2D eigenvalue weighted by molar-refractivity contribution is 0.724. The van der Waals surface area contributed by atoms with Crippen LogP contribution in [0.15, 0.2) is 52.1 Å². The Kier molecular flexibility index (Phi) is 9.21. The van der Waals surface area contributed by atoms with Crippen LogP contribution in [0.3, 0.4) is 0 Å². The summed E-state index contributed by atoms with van der Waals surface area (Å²) in [5, 5.41) is 0. The number of hydrogen-bond acceptors (Lipinski definition) is 0. The second-order valence-corrected chi connectivity index (χ2v) is 11.2. The third kappa shape index (κ3) is 5.43. The Morgan fingerprint density at radius 2 is 1.38 bits per heavy atom. The Hall–Kier alpha value is -2.07. The summed E-state index contributed by atoms with van der Waals surface area (Å²) in [6, 6.07) is 8.30.